The molecule has 2 aliphatic rings. The minimum Gasteiger partial charge on any atom is -0.311 e. The van der Waals surface area contributed by atoms with E-state index in [1.165, 1.54) is 42.4 Å². The van der Waals surface area contributed by atoms with Gasteiger partial charge in [0.2, 0.25) is 0 Å². The Morgan fingerprint density at radius 1 is 0.870 bits per heavy atom. The molecule has 2 heteroatoms. The van der Waals surface area contributed by atoms with E-state index in [0.717, 1.165) is 24.7 Å². The van der Waals surface area contributed by atoms with Crippen LogP contribution in [0.3, 0.4) is 0 Å². The molecule has 0 spiro atoms. The van der Waals surface area contributed by atoms with E-state index in [1.54, 1.807) is 0 Å². The van der Waals surface area contributed by atoms with Crippen LogP contribution >= 0.6 is 0 Å². The summed E-state index contributed by atoms with van der Waals surface area (Å²) >= 11 is 0. The Bertz CT molecular complexity index is 623. The molecule has 0 amide bonds. The number of nitrogens with zero attached hydrogens (tertiary/aromatic N) is 1. The predicted molar refractivity (Wildman–Crippen MR) is 96.3 cm³/mol. The Morgan fingerprint density at radius 2 is 1.48 bits per heavy atom. The van der Waals surface area contributed by atoms with Crippen LogP contribution in [0.15, 0.2) is 54.6 Å². The zero-order valence-electron chi connectivity index (χ0n) is 13.9. The van der Waals surface area contributed by atoms with Crippen molar-refractivity contribution in [2.45, 2.75) is 50.4 Å². The lowest BCUT2D eigenvalue weighted by atomic mass is 9.98. The SMILES string of the molecule is CN(Cc1ccc(-c2ccccc2)cc1)C1CC2CCC(C1)N2. The van der Waals surface area contributed by atoms with Gasteiger partial charge < -0.3 is 5.32 Å². The number of benzene rings is 2. The molecule has 0 aliphatic carbocycles. The van der Waals surface area contributed by atoms with Gasteiger partial charge in [-0.15, -0.1) is 0 Å². The quantitative estimate of drug-likeness (QED) is 0.916. The summed E-state index contributed by atoms with van der Waals surface area (Å²) in [6.45, 7) is 1.05. The molecule has 0 aromatic heterocycles. The third-order valence-electron chi connectivity index (χ3n) is 5.56. The fraction of sp³-hybridized carbons (Fsp3) is 0.429. The van der Waals surface area contributed by atoms with E-state index in [4.69, 9.17) is 0 Å². The predicted octanol–water partition coefficient (Wildman–Crippen LogP) is 4.07. The van der Waals surface area contributed by atoms with Gasteiger partial charge in [-0.2, -0.15) is 0 Å². The molecular weight excluding hydrogens is 280 g/mol. The molecule has 2 aromatic rings. The molecule has 2 fully saturated rings. The standard InChI is InChI=1S/C21H26N2/c1-23(21-13-19-11-12-20(14-21)22-19)15-16-7-9-18(10-8-16)17-5-3-2-4-6-17/h2-10,19-22H,11-15H2,1H3. The van der Waals surface area contributed by atoms with E-state index in [1.807, 2.05) is 0 Å². The molecule has 0 saturated carbocycles. The molecule has 2 nitrogen and oxygen atoms in total. The van der Waals surface area contributed by atoms with Crippen LogP contribution in [0, 0.1) is 0 Å². The van der Waals surface area contributed by atoms with Gasteiger partial charge in [0.05, 0.1) is 0 Å². The fourth-order valence-electron chi connectivity index (χ4n) is 4.24. The summed E-state index contributed by atoms with van der Waals surface area (Å²) in [6, 6.07) is 22.0. The fourth-order valence-corrected chi connectivity index (χ4v) is 4.24. The summed E-state index contributed by atoms with van der Waals surface area (Å²) in [5.74, 6) is 0. The largest absolute Gasteiger partial charge is 0.311 e. The molecule has 0 radical (unpaired) electrons. The molecule has 2 aliphatic heterocycles. The Labute approximate surface area is 139 Å². The molecule has 2 aromatic carbocycles. The summed E-state index contributed by atoms with van der Waals surface area (Å²) < 4.78 is 0. The normalized spacial score (nSPS) is 26.6. The second kappa shape index (κ2) is 6.46. The van der Waals surface area contributed by atoms with Gasteiger partial charge in [0.1, 0.15) is 0 Å². The number of rotatable bonds is 4. The van der Waals surface area contributed by atoms with Crippen molar-refractivity contribution in [2.24, 2.45) is 0 Å². The van der Waals surface area contributed by atoms with Crippen LogP contribution in [0.5, 0.6) is 0 Å². The Hall–Kier alpha value is -1.64. The van der Waals surface area contributed by atoms with Gasteiger partial charge in [-0.3, -0.25) is 4.90 Å². The summed E-state index contributed by atoms with van der Waals surface area (Å²) in [5.41, 5.74) is 4.01. The van der Waals surface area contributed by atoms with Crippen molar-refractivity contribution in [3.05, 3.63) is 60.2 Å². The highest BCUT2D eigenvalue weighted by molar-refractivity contribution is 5.63. The molecule has 2 unspecified atom stereocenters. The van der Waals surface area contributed by atoms with Crippen LogP contribution in [0.1, 0.15) is 31.2 Å². The van der Waals surface area contributed by atoms with E-state index >= 15 is 0 Å². The lowest BCUT2D eigenvalue weighted by molar-refractivity contribution is 0.166. The van der Waals surface area contributed by atoms with Crippen molar-refractivity contribution in [3.63, 3.8) is 0 Å². The third kappa shape index (κ3) is 3.34. The average molecular weight is 306 g/mol. The van der Waals surface area contributed by atoms with Crippen LogP contribution in [0.2, 0.25) is 0 Å². The average Bonchev–Trinajstić information content (AvgIpc) is 2.94. The molecular formula is C21H26N2. The first-order chi connectivity index (χ1) is 11.3. The molecule has 2 atom stereocenters. The highest BCUT2D eigenvalue weighted by atomic mass is 15.2. The lowest BCUT2D eigenvalue weighted by Crippen LogP contribution is -2.46. The van der Waals surface area contributed by atoms with Crippen molar-refractivity contribution in [1.29, 1.82) is 0 Å². The van der Waals surface area contributed by atoms with Gasteiger partial charge in [0, 0.05) is 24.7 Å². The molecule has 2 heterocycles. The van der Waals surface area contributed by atoms with Crippen LogP contribution in [-0.2, 0) is 6.54 Å². The molecule has 23 heavy (non-hydrogen) atoms. The van der Waals surface area contributed by atoms with Crippen molar-refractivity contribution >= 4 is 0 Å². The van der Waals surface area contributed by atoms with Gasteiger partial charge in [-0.25, -0.2) is 0 Å². The minimum atomic E-state index is 0.738. The smallest absolute Gasteiger partial charge is 0.0233 e. The minimum absolute atomic E-state index is 0.738. The number of hydrogen-bond acceptors (Lipinski definition) is 2. The molecule has 2 saturated heterocycles. The number of hydrogen-bond donors (Lipinski definition) is 1. The Morgan fingerprint density at radius 3 is 2.13 bits per heavy atom. The number of fused-ring (bicyclic) bond motifs is 2. The number of nitrogens with one attached hydrogen (secondary N) is 1. The summed E-state index contributed by atoms with van der Waals surface area (Å²) in [5, 5.41) is 3.74. The van der Waals surface area contributed by atoms with E-state index in [-0.39, 0.29) is 0 Å². The first-order valence-electron chi connectivity index (χ1n) is 8.88. The summed E-state index contributed by atoms with van der Waals surface area (Å²) in [6.07, 6.45) is 5.38. The second-order valence-corrected chi connectivity index (χ2v) is 7.24. The van der Waals surface area contributed by atoms with Gasteiger partial charge in [-0.05, 0) is 49.4 Å². The van der Waals surface area contributed by atoms with Crippen LogP contribution in [0.25, 0.3) is 11.1 Å². The van der Waals surface area contributed by atoms with Crippen LogP contribution in [-0.4, -0.2) is 30.1 Å². The molecule has 2 bridgehead atoms. The van der Waals surface area contributed by atoms with Gasteiger partial charge >= 0.3 is 0 Å². The Kier molecular flexibility index (Phi) is 4.19. The highest BCUT2D eigenvalue weighted by Gasteiger charge is 2.34. The van der Waals surface area contributed by atoms with Gasteiger partial charge in [-0.1, -0.05) is 54.6 Å². The van der Waals surface area contributed by atoms with Crippen molar-refractivity contribution < 1.29 is 0 Å². The van der Waals surface area contributed by atoms with E-state index in [9.17, 15) is 0 Å². The molecule has 1 N–H and O–H groups in total. The zero-order chi connectivity index (χ0) is 15.6. The van der Waals surface area contributed by atoms with Crippen molar-refractivity contribution in [2.75, 3.05) is 7.05 Å². The second-order valence-electron chi connectivity index (χ2n) is 7.24. The number of piperidine rings is 1. The Balaban J connectivity index is 1.41. The van der Waals surface area contributed by atoms with Crippen molar-refractivity contribution in [1.82, 2.24) is 10.2 Å². The lowest BCUT2D eigenvalue weighted by Gasteiger charge is -2.35. The maximum absolute atomic E-state index is 3.74. The third-order valence-corrected chi connectivity index (χ3v) is 5.56. The first kappa shape index (κ1) is 14.9. The first-order valence-corrected chi connectivity index (χ1v) is 8.88. The molecule has 4 rings (SSSR count). The highest BCUT2D eigenvalue weighted by Crippen LogP contribution is 2.30. The zero-order valence-corrected chi connectivity index (χ0v) is 13.9. The monoisotopic (exact) mass is 306 g/mol. The van der Waals surface area contributed by atoms with Crippen molar-refractivity contribution in [3.8, 4) is 11.1 Å². The molecule has 120 valence electrons. The van der Waals surface area contributed by atoms with E-state index < -0.39 is 0 Å². The van der Waals surface area contributed by atoms with Gasteiger partial charge in [0.15, 0.2) is 0 Å². The topological polar surface area (TPSA) is 15.3 Å². The van der Waals surface area contributed by atoms with E-state index in [0.29, 0.717) is 0 Å². The summed E-state index contributed by atoms with van der Waals surface area (Å²) in [7, 11) is 2.29. The maximum Gasteiger partial charge on any atom is 0.0233 e. The van der Waals surface area contributed by atoms with E-state index in [2.05, 4.69) is 71.9 Å². The van der Waals surface area contributed by atoms with Crippen LogP contribution in [0.4, 0.5) is 0 Å². The van der Waals surface area contributed by atoms with Gasteiger partial charge in [0.25, 0.3) is 0 Å². The van der Waals surface area contributed by atoms with Crippen LogP contribution < -0.4 is 5.32 Å². The maximum atomic E-state index is 3.74. The summed E-state index contributed by atoms with van der Waals surface area (Å²) in [4.78, 5) is 2.56.